The number of hydrogen-bond donors (Lipinski definition) is 2. The number of imide groups is 1. The van der Waals surface area contributed by atoms with Gasteiger partial charge in [0, 0.05) is 5.69 Å². The van der Waals surface area contributed by atoms with E-state index in [1.807, 2.05) is 5.32 Å². The predicted octanol–water partition coefficient (Wildman–Crippen LogP) is 6.09. The lowest BCUT2D eigenvalue weighted by Crippen LogP contribution is -2.35. The van der Waals surface area contributed by atoms with Crippen molar-refractivity contribution in [3.8, 4) is 5.75 Å². The van der Waals surface area contributed by atoms with Gasteiger partial charge < -0.3 is 10.1 Å². The van der Waals surface area contributed by atoms with Crippen LogP contribution in [-0.2, 0) is 6.18 Å². The third kappa shape index (κ3) is 5.85. The molecule has 0 radical (unpaired) electrons. The molecule has 172 valence electrons. The Bertz CT molecular complexity index is 1150. The Morgan fingerprint density at radius 3 is 2.15 bits per heavy atom. The number of alkyl halides is 3. The highest BCUT2D eigenvalue weighted by Crippen LogP contribution is 2.39. The van der Waals surface area contributed by atoms with E-state index in [1.165, 1.54) is 0 Å². The number of carbonyl (C=O) groups is 2. The number of benzene rings is 3. The summed E-state index contributed by atoms with van der Waals surface area (Å²) in [6, 6.07) is 12.8. The summed E-state index contributed by atoms with van der Waals surface area (Å²) in [4.78, 5) is 24.0. The van der Waals surface area contributed by atoms with Gasteiger partial charge in [0.15, 0.2) is 0 Å². The van der Waals surface area contributed by atoms with Crippen molar-refractivity contribution in [3.05, 3.63) is 95.1 Å². The maximum atomic E-state index is 13.7. The summed E-state index contributed by atoms with van der Waals surface area (Å²) >= 11 is 0. The van der Waals surface area contributed by atoms with Crippen LogP contribution < -0.4 is 15.4 Å². The number of nitrogens with one attached hydrogen (secondary N) is 2. The molecule has 3 rings (SSSR count). The zero-order valence-electron chi connectivity index (χ0n) is 17.0. The molecule has 0 bridgehead atoms. The van der Waals surface area contributed by atoms with Crippen molar-refractivity contribution < 1.29 is 36.3 Å². The van der Waals surface area contributed by atoms with Gasteiger partial charge in [-0.15, -0.1) is 0 Å². The van der Waals surface area contributed by atoms with E-state index in [0.717, 1.165) is 30.3 Å². The van der Waals surface area contributed by atoms with Crippen LogP contribution in [0.5, 0.6) is 5.75 Å². The standard InChI is InChI=1S/C23H17F5N2O3/c1-13(14-6-3-2-4-7-14)33-19-11-10-15(12-16(19)23(26,27)28)29-22(32)30-21(31)20-17(24)8-5-9-18(20)25/h2-13H,1H3,(H2,29,30,31,32). The van der Waals surface area contributed by atoms with E-state index in [0.29, 0.717) is 11.6 Å². The number of carbonyl (C=O) groups excluding carboxylic acids is 2. The first-order chi connectivity index (χ1) is 15.6. The minimum Gasteiger partial charge on any atom is -0.485 e. The van der Waals surface area contributed by atoms with E-state index in [1.54, 1.807) is 42.6 Å². The van der Waals surface area contributed by atoms with E-state index in [-0.39, 0.29) is 5.69 Å². The second kappa shape index (κ2) is 9.68. The van der Waals surface area contributed by atoms with Crippen molar-refractivity contribution in [1.82, 2.24) is 5.32 Å². The van der Waals surface area contributed by atoms with Gasteiger partial charge in [-0.25, -0.2) is 13.6 Å². The van der Waals surface area contributed by atoms with Crippen LogP contribution in [0.25, 0.3) is 0 Å². The lowest BCUT2D eigenvalue weighted by Gasteiger charge is -2.20. The zero-order valence-corrected chi connectivity index (χ0v) is 17.0. The molecule has 3 aromatic rings. The highest BCUT2D eigenvalue weighted by Gasteiger charge is 2.35. The summed E-state index contributed by atoms with van der Waals surface area (Å²) in [5.74, 6) is -4.26. The van der Waals surface area contributed by atoms with E-state index in [2.05, 4.69) is 0 Å². The molecular weight excluding hydrogens is 447 g/mol. The number of ether oxygens (including phenoxy) is 1. The molecule has 0 aliphatic carbocycles. The maximum Gasteiger partial charge on any atom is 0.420 e. The van der Waals surface area contributed by atoms with Gasteiger partial charge in [-0.2, -0.15) is 13.2 Å². The largest absolute Gasteiger partial charge is 0.485 e. The van der Waals surface area contributed by atoms with Crippen LogP contribution in [0.15, 0.2) is 66.7 Å². The predicted molar refractivity (Wildman–Crippen MR) is 110 cm³/mol. The van der Waals surface area contributed by atoms with Crippen molar-refractivity contribution in [2.75, 3.05) is 5.32 Å². The average Bonchev–Trinajstić information content (AvgIpc) is 2.74. The second-order valence-corrected chi connectivity index (χ2v) is 6.88. The average molecular weight is 464 g/mol. The van der Waals surface area contributed by atoms with Gasteiger partial charge in [0.1, 0.15) is 29.1 Å². The first-order valence-corrected chi connectivity index (χ1v) is 9.55. The number of anilines is 1. The number of rotatable bonds is 5. The normalized spacial score (nSPS) is 12.1. The number of hydrogen-bond acceptors (Lipinski definition) is 3. The Labute approximate surface area is 185 Å². The quantitative estimate of drug-likeness (QED) is 0.450. The molecule has 0 aliphatic rings. The Morgan fingerprint density at radius 1 is 0.909 bits per heavy atom. The first kappa shape index (κ1) is 23.7. The molecule has 0 aliphatic heterocycles. The molecule has 33 heavy (non-hydrogen) atoms. The first-order valence-electron chi connectivity index (χ1n) is 9.55. The van der Waals surface area contributed by atoms with Gasteiger partial charge in [0.25, 0.3) is 5.91 Å². The number of halogens is 5. The van der Waals surface area contributed by atoms with Crippen molar-refractivity contribution >= 4 is 17.6 Å². The topological polar surface area (TPSA) is 67.4 Å². The monoisotopic (exact) mass is 464 g/mol. The summed E-state index contributed by atoms with van der Waals surface area (Å²) in [6.07, 6.45) is -5.51. The van der Waals surface area contributed by atoms with Crippen molar-refractivity contribution in [2.45, 2.75) is 19.2 Å². The maximum absolute atomic E-state index is 13.7. The third-order valence-electron chi connectivity index (χ3n) is 4.53. The van der Waals surface area contributed by atoms with Gasteiger partial charge >= 0.3 is 12.2 Å². The highest BCUT2D eigenvalue weighted by atomic mass is 19.4. The Kier molecular flexibility index (Phi) is 6.95. The molecule has 3 amide bonds. The molecule has 0 heterocycles. The van der Waals surface area contributed by atoms with Crippen LogP contribution in [0.2, 0.25) is 0 Å². The lowest BCUT2D eigenvalue weighted by molar-refractivity contribution is -0.139. The molecule has 2 N–H and O–H groups in total. The molecule has 3 aromatic carbocycles. The minimum absolute atomic E-state index is 0.318. The van der Waals surface area contributed by atoms with E-state index in [9.17, 15) is 31.5 Å². The Balaban J connectivity index is 1.77. The molecule has 0 saturated carbocycles. The van der Waals surface area contributed by atoms with Gasteiger partial charge in [-0.05, 0) is 42.8 Å². The summed E-state index contributed by atoms with van der Waals surface area (Å²) in [7, 11) is 0. The van der Waals surface area contributed by atoms with Crippen LogP contribution in [0.3, 0.4) is 0 Å². The van der Waals surface area contributed by atoms with E-state index >= 15 is 0 Å². The summed E-state index contributed by atoms with van der Waals surface area (Å²) in [6.45, 7) is 1.59. The lowest BCUT2D eigenvalue weighted by atomic mass is 10.1. The molecule has 1 atom stereocenters. The van der Waals surface area contributed by atoms with Gasteiger partial charge in [0.2, 0.25) is 0 Å². The molecule has 0 spiro atoms. The molecule has 5 nitrogen and oxygen atoms in total. The summed E-state index contributed by atoms with van der Waals surface area (Å²) < 4.78 is 73.6. The molecule has 1 unspecified atom stereocenters. The second-order valence-electron chi connectivity index (χ2n) is 6.88. The number of urea groups is 1. The fourth-order valence-corrected chi connectivity index (χ4v) is 2.96. The Hall–Kier alpha value is -3.95. The molecule has 0 fully saturated rings. The SMILES string of the molecule is CC(Oc1ccc(NC(=O)NC(=O)c2c(F)cccc2F)cc1C(F)(F)F)c1ccccc1. The zero-order chi connectivity index (χ0) is 24.2. The molecule has 10 heteroatoms. The van der Waals surface area contributed by atoms with Gasteiger partial charge in [-0.1, -0.05) is 36.4 Å². The van der Waals surface area contributed by atoms with Crippen LogP contribution in [0.4, 0.5) is 32.4 Å². The minimum atomic E-state index is -4.81. The van der Waals surface area contributed by atoms with Crippen molar-refractivity contribution in [2.24, 2.45) is 0 Å². The fourth-order valence-electron chi connectivity index (χ4n) is 2.96. The van der Waals surface area contributed by atoms with Crippen molar-refractivity contribution in [3.63, 3.8) is 0 Å². The van der Waals surface area contributed by atoms with Gasteiger partial charge in [0.05, 0.1) is 5.56 Å². The van der Waals surface area contributed by atoms with Crippen LogP contribution >= 0.6 is 0 Å². The summed E-state index contributed by atoms with van der Waals surface area (Å²) in [5.41, 5.74) is -1.82. The van der Waals surface area contributed by atoms with Crippen LogP contribution in [0.1, 0.15) is 34.5 Å². The van der Waals surface area contributed by atoms with Gasteiger partial charge in [-0.3, -0.25) is 10.1 Å². The smallest absolute Gasteiger partial charge is 0.420 e. The van der Waals surface area contributed by atoms with E-state index in [4.69, 9.17) is 4.74 Å². The number of amides is 3. The molecule has 0 aromatic heterocycles. The molecule has 0 saturated heterocycles. The summed E-state index contributed by atoms with van der Waals surface area (Å²) in [5, 5.41) is 3.71. The van der Waals surface area contributed by atoms with Crippen LogP contribution in [-0.4, -0.2) is 11.9 Å². The highest BCUT2D eigenvalue weighted by molar-refractivity contribution is 6.08. The molecular formula is C23H17F5N2O3. The Morgan fingerprint density at radius 2 is 1.55 bits per heavy atom. The fraction of sp³-hybridized carbons (Fsp3) is 0.130. The van der Waals surface area contributed by atoms with Crippen LogP contribution in [0, 0.1) is 11.6 Å². The van der Waals surface area contributed by atoms with E-state index < -0.39 is 52.7 Å². The third-order valence-corrected chi connectivity index (χ3v) is 4.53. The van der Waals surface area contributed by atoms with Crippen molar-refractivity contribution in [1.29, 1.82) is 0 Å².